The van der Waals surface area contributed by atoms with Crippen LogP contribution in [0.3, 0.4) is 0 Å². The molecule has 4 aromatic rings. The summed E-state index contributed by atoms with van der Waals surface area (Å²) in [5.74, 6) is -0.245. The molecule has 2 amide bonds. The van der Waals surface area contributed by atoms with Gasteiger partial charge < -0.3 is 5.32 Å². The second-order valence-corrected chi connectivity index (χ2v) is 9.46. The lowest BCUT2D eigenvalue weighted by Crippen LogP contribution is -2.13. The SMILES string of the molecule is Cc1csc(NC(=O)CSc2nnc(NC(=O)c3ccc(-c4ccccc4)cc3)s2)n1. The first-order valence-electron chi connectivity index (χ1n) is 9.22. The number of hydrogen-bond acceptors (Lipinski definition) is 8. The predicted octanol–water partition coefficient (Wildman–Crippen LogP) is 4.95. The van der Waals surface area contributed by atoms with Gasteiger partial charge in [-0.3, -0.25) is 14.9 Å². The van der Waals surface area contributed by atoms with Gasteiger partial charge in [0.25, 0.3) is 5.91 Å². The Morgan fingerprint density at radius 3 is 2.39 bits per heavy atom. The normalized spacial score (nSPS) is 10.6. The van der Waals surface area contributed by atoms with E-state index in [2.05, 4.69) is 25.8 Å². The number of nitrogens with zero attached hydrogens (tertiary/aromatic N) is 3. The summed E-state index contributed by atoms with van der Waals surface area (Å²) in [5.41, 5.74) is 3.53. The Bertz CT molecular complexity index is 1190. The van der Waals surface area contributed by atoms with Crippen LogP contribution < -0.4 is 10.6 Å². The Morgan fingerprint density at radius 2 is 1.68 bits per heavy atom. The average molecular weight is 468 g/mol. The third kappa shape index (κ3) is 5.75. The van der Waals surface area contributed by atoms with E-state index in [1.807, 2.05) is 54.8 Å². The minimum absolute atomic E-state index is 0.168. The fraction of sp³-hybridized carbons (Fsp3) is 0.0952. The van der Waals surface area contributed by atoms with Gasteiger partial charge >= 0.3 is 0 Å². The van der Waals surface area contributed by atoms with E-state index in [4.69, 9.17) is 0 Å². The number of aromatic nitrogens is 3. The van der Waals surface area contributed by atoms with Crippen LogP contribution in [0, 0.1) is 6.92 Å². The molecule has 0 radical (unpaired) electrons. The van der Waals surface area contributed by atoms with Crippen LogP contribution in [0.5, 0.6) is 0 Å². The van der Waals surface area contributed by atoms with Crippen molar-refractivity contribution in [3.63, 3.8) is 0 Å². The molecule has 2 heterocycles. The van der Waals surface area contributed by atoms with Gasteiger partial charge in [0, 0.05) is 10.9 Å². The molecule has 2 aromatic heterocycles. The van der Waals surface area contributed by atoms with Crippen LogP contribution in [0.4, 0.5) is 10.3 Å². The van der Waals surface area contributed by atoms with Crippen molar-refractivity contribution in [1.82, 2.24) is 15.2 Å². The number of rotatable bonds is 7. The molecule has 156 valence electrons. The van der Waals surface area contributed by atoms with Gasteiger partial charge in [0.1, 0.15) is 0 Å². The van der Waals surface area contributed by atoms with Crippen LogP contribution >= 0.6 is 34.4 Å². The topological polar surface area (TPSA) is 96.9 Å². The maximum atomic E-state index is 12.5. The van der Waals surface area contributed by atoms with Gasteiger partial charge in [-0.2, -0.15) is 0 Å². The molecule has 10 heteroatoms. The summed E-state index contributed by atoms with van der Waals surface area (Å²) in [7, 11) is 0. The van der Waals surface area contributed by atoms with E-state index < -0.39 is 0 Å². The van der Waals surface area contributed by atoms with Gasteiger partial charge in [0.2, 0.25) is 11.0 Å². The van der Waals surface area contributed by atoms with Gasteiger partial charge in [0.15, 0.2) is 9.47 Å². The monoisotopic (exact) mass is 467 g/mol. The highest BCUT2D eigenvalue weighted by atomic mass is 32.2. The number of aryl methyl sites for hydroxylation is 1. The highest BCUT2D eigenvalue weighted by Gasteiger charge is 2.13. The number of thiazole rings is 1. The zero-order valence-corrected chi connectivity index (χ0v) is 18.8. The quantitative estimate of drug-likeness (QED) is 0.295. The van der Waals surface area contributed by atoms with Crippen molar-refractivity contribution >= 4 is 56.5 Å². The van der Waals surface area contributed by atoms with Crippen molar-refractivity contribution in [1.29, 1.82) is 0 Å². The van der Waals surface area contributed by atoms with Gasteiger partial charge in [-0.15, -0.1) is 21.5 Å². The van der Waals surface area contributed by atoms with Crippen LogP contribution in [0.2, 0.25) is 0 Å². The number of amides is 2. The molecule has 7 nitrogen and oxygen atoms in total. The van der Waals surface area contributed by atoms with E-state index >= 15 is 0 Å². The molecule has 0 saturated carbocycles. The molecule has 0 saturated heterocycles. The van der Waals surface area contributed by atoms with Crippen molar-refractivity contribution in [3.8, 4) is 11.1 Å². The molecule has 2 N–H and O–H groups in total. The molecule has 31 heavy (non-hydrogen) atoms. The third-order valence-electron chi connectivity index (χ3n) is 4.07. The van der Waals surface area contributed by atoms with Crippen LogP contribution in [0.25, 0.3) is 11.1 Å². The highest BCUT2D eigenvalue weighted by molar-refractivity contribution is 8.01. The van der Waals surface area contributed by atoms with Crippen LogP contribution in [0.15, 0.2) is 64.3 Å². The summed E-state index contributed by atoms with van der Waals surface area (Å²) >= 11 is 3.86. The number of thioether (sulfide) groups is 1. The number of nitrogens with one attached hydrogen (secondary N) is 2. The standard InChI is InChI=1S/C21H17N5O2S3/c1-13-11-29-19(22-13)23-17(27)12-30-21-26-25-20(31-21)24-18(28)16-9-7-15(8-10-16)14-5-3-2-4-6-14/h2-11H,12H2,1H3,(H,22,23,27)(H,24,25,28). The van der Waals surface area contributed by atoms with Crippen molar-refractivity contribution in [2.24, 2.45) is 0 Å². The van der Waals surface area contributed by atoms with Gasteiger partial charge in [-0.05, 0) is 30.2 Å². The van der Waals surface area contributed by atoms with E-state index in [1.165, 1.54) is 34.4 Å². The number of hydrogen-bond donors (Lipinski definition) is 2. The van der Waals surface area contributed by atoms with Gasteiger partial charge in [-0.25, -0.2) is 4.98 Å². The molecular weight excluding hydrogens is 450 g/mol. The predicted molar refractivity (Wildman–Crippen MR) is 126 cm³/mol. The maximum Gasteiger partial charge on any atom is 0.257 e. The Balaban J connectivity index is 1.30. The second kappa shape index (κ2) is 9.82. The molecule has 0 atom stereocenters. The minimum Gasteiger partial charge on any atom is -0.301 e. The smallest absolute Gasteiger partial charge is 0.257 e. The molecule has 0 bridgehead atoms. The molecule has 0 aliphatic carbocycles. The third-order valence-corrected chi connectivity index (χ3v) is 6.92. The van der Waals surface area contributed by atoms with Crippen LogP contribution in [0.1, 0.15) is 16.1 Å². The van der Waals surface area contributed by atoms with E-state index in [0.29, 0.717) is 20.2 Å². The molecule has 0 fully saturated rings. The summed E-state index contributed by atoms with van der Waals surface area (Å²) in [6, 6.07) is 17.3. The first-order valence-corrected chi connectivity index (χ1v) is 11.9. The Kier molecular flexibility index (Phi) is 6.70. The van der Waals surface area contributed by atoms with Crippen molar-refractivity contribution < 1.29 is 9.59 Å². The fourth-order valence-corrected chi connectivity index (χ4v) is 4.88. The molecular formula is C21H17N5O2S3. The largest absolute Gasteiger partial charge is 0.301 e. The van der Waals surface area contributed by atoms with Gasteiger partial charge in [0.05, 0.1) is 11.4 Å². The lowest BCUT2D eigenvalue weighted by Gasteiger charge is -2.04. The Hall–Kier alpha value is -3.08. The summed E-state index contributed by atoms with van der Waals surface area (Å²) < 4.78 is 0.597. The molecule has 0 aliphatic heterocycles. The maximum absolute atomic E-state index is 12.5. The number of benzene rings is 2. The summed E-state index contributed by atoms with van der Waals surface area (Å²) in [6.45, 7) is 1.87. The zero-order chi connectivity index (χ0) is 21.6. The first-order chi connectivity index (χ1) is 15.1. The first kappa shape index (κ1) is 21.2. The fourth-order valence-electron chi connectivity index (χ4n) is 2.63. The lowest BCUT2D eigenvalue weighted by atomic mass is 10.0. The van der Waals surface area contributed by atoms with E-state index in [0.717, 1.165) is 16.8 Å². The summed E-state index contributed by atoms with van der Waals surface area (Å²) in [6.07, 6.45) is 0. The number of carbonyl (C=O) groups excluding carboxylic acids is 2. The van der Waals surface area contributed by atoms with Crippen LogP contribution in [-0.2, 0) is 4.79 Å². The van der Waals surface area contributed by atoms with Crippen molar-refractivity contribution in [2.45, 2.75) is 11.3 Å². The number of anilines is 2. The molecule has 0 aliphatic rings. The Labute approximate surface area is 191 Å². The molecule has 4 rings (SSSR count). The Morgan fingerprint density at radius 1 is 0.935 bits per heavy atom. The number of carbonyl (C=O) groups is 2. The molecule has 0 spiro atoms. The highest BCUT2D eigenvalue weighted by Crippen LogP contribution is 2.26. The second-order valence-electron chi connectivity index (χ2n) is 6.40. The van der Waals surface area contributed by atoms with Gasteiger partial charge in [-0.1, -0.05) is 65.6 Å². The molecule has 0 unspecified atom stereocenters. The van der Waals surface area contributed by atoms with Crippen molar-refractivity contribution in [3.05, 3.63) is 71.2 Å². The summed E-state index contributed by atoms with van der Waals surface area (Å²) in [5, 5.41) is 16.3. The molecule has 2 aromatic carbocycles. The van der Waals surface area contributed by atoms with E-state index in [-0.39, 0.29) is 17.6 Å². The van der Waals surface area contributed by atoms with E-state index in [9.17, 15) is 9.59 Å². The summed E-state index contributed by atoms with van der Waals surface area (Å²) in [4.78, 5) is 28.7. The van der Waals surface area contributed by atoms with E-state index in [1.54, 1.807) is 12.1 Å². The van der Waals surface area contributed by atoms with Crippen LogP contribution in [-0.4, -0.2) is 32.7 Å². The van der Waals surface area contributed by atoms with Crippen molar-refractivity contribution in [2.75, 3.05) is 16.4 Å². The average Bonchev–Trinajstić information content (AvgIpc) is 3.41. The lowest BCUT2D eigenvalue weighted by molar-refractivity contribution is -0.113. The zero-order valence-electron chi connectivity index (χ0n) is 16.4. The minimum atomic E-state index is -0.260.